The minimum Gasteiger partial charge on any atom is -0.394 e. The van der Waals surface area contributed by atoms with Gasteiger partial charge in [-0.15, -0.1) is 0 Å². The van der Waals surface area contributed by atoms with Crippen molar-refractivity contribution in [2.24, 2.45) is 22.9 Å². The zero-order valence-electron chi connectivity index (χ0n) is 20.4. The fourth-order valence-electron chi connectivity index (χ4n) is 3.46. The Bertz CT molecular complexity index is 898. The minimum atomic E-state index is -1.35. The molecule has 0 radical (unpaired) electrons. The van der Waals surface area contributed by atoms with Crippen molar-refractivity contribution in [1.82, 2.24) is 15.5 Å². The number of aliphatic hydroxyl groups excluding tert-OH is 1. The number of nitrogens with one attached hydrogen (secondary N) is 2. The lowest BCUT2D eigenvalue weighted by Crippen LogP contribution is -2.58. The highest BCUT2D eigenvalue weighted by molar-refractivity contribution is 5.95. The average molecular weight is 508 g/mol. The summed E-state index contributed by atoms with van der Waals surface area (Å²) in [5.41, 5.74) is 22.3. The summed E-state index contributed by atoms with van der Waals surface area (Å²) in [6, 6.07) is 4.13. The lowest BCUT2D eigenvalue weighted by molar-refractivity contribution is -0.141. The summed E-state index contributed by atoms with van der Waals surface area (Å²) in [5.74, 6) is -3.86. The topological polar surface area (TPSA) is 237 Å². The van der Waals surface area contributed by atoms with Crippen LogP contribution < -0.4 is 33.6 Å². The van der Waals surface area contributed by atoms with Crippen LogP contribution in [0.4, 0.5) is 0 Å². The molecule has 200 valence electrons. The summed E-state index contributed by atoms with van der Waals surface area (Å²) in [5, 5.41) is 14.3. The van der Waals surface area contributed by atoms with E-state index in [1.165, 1.54) is 7.05 Å². The molecular formula is C23H37N7O6. The predicted molar refractivity (Wildman–Crippen MR) is 132 cm³/mol. The van der Waals surface area contributed by atoms with Crippen molar-refractivity contribution >= 4 is 29.5 Å². The Morgan fingerprint density at radius 3 is 2.11 bits per heavy atom. The van der Waals surface area contributed by atoms with Gasteiger partial charge in [0.2, 0.25) is 29.5 Å². The highest BCUT2D eigenvalue weighted by Gasteiger charge is 2.33. The zero-order chi connectivity index (χ0) is 27.3. The number of likely N-dealkylation sites (N-methyl/N-ethyl adjacent to an activating group) is 1. The molecule has 5 amide bonds. The third-order valence-corrected chi connectivity index (χ3v) is 5.55. The third-order valence-electron chi connectivity index (χ3n) is 5.55. The number of benzene rings is 1. The van der Waals surface area contributed by atoms with Crippen molar-refractivity contribution in [2.75, 3.05) is 20.2 Å². The van der Waals surface area contributed by atoms with E-state index in [-0.39, 0.29) is 12.8 Å². The minimum absolute atomic E-state index is 0.107. The first-order valence-electron chi connectivity index (χ1n) is 11.6. The van der Waals surface area contributed by atoms with Crippen molar-refractivity contribution in [1.29, 1.82) is 0 Å². The van der Waals surface area contributed by atoms with Gasteiger partial charge >= 0.3 is 0 Å². The predicted octanol–water partition coefficient (Wildman–Crippen LogP) is -3.16. The fourth-order valence-corrected chi connectivity index (χ4v) is 3.46. The Hall–Kier alpha value is -3.55. The molecule has 0 heterocycles. The Labute approximate surface area is 209 Å². The van der Waals surface area contributed by atoms with Crippen LogP contribution in [0, 0.1) is 0 Å². The summed E-state index contributed by atoms with van der Waals surface area (Å²) in [6.07, 6.45) is 0.812. The van der Waals surface area contributed by atoms with Gasteiger partial charge in [-0.05, 0) is 31.4 Å². The molecule has 0 saturated carbocycles. The van der Waals surface area contributed by atoms with Crippen LogP contribution in [0.1, 0.15) is 31.2 Å². The Balaban J connectivity index is 3.18. The Morgan fingerprint density at radius 2 is 1.58 bits per heavy atom. The van der Waals surface area contributed by atoms with E-state index in [4.69, 9.17) is 22.9 Å². The van der Waals surface area contributed by atoms with Gasteiger partial charge in [0.1, 0.15) is 24.2 Å². The molecule has 13 heteroatoms. The van der Waals surface area contributed by atoms with Crippen molar-refractivity contribution < 1.29 is 29.1 Å². The first-order valence-corrected chi connectivity index (χ1v) is 11.6. The number of hydrogen-bond donors (Lipinski definition) is 7. The number of aliphatic hydroxyl groups is 1. The molecular weight excluding hydrogens is 470 g/mol. The van der Waals surface area contributed by atoms with Crippen molar-refractivity contribution in [3.63, 3.8) is 0 Å². The quantitative estimate of drug-likeness (QED) is 0.112. The molecule has 13 nitrogen and oxygen atoms in total. The standard InChI is InChI=1S/C23H37N7O6/c1-30(23(36)15(25)13-31)18(11-14-7-3-2-4-8-14)22(35)28-16(9-5-6-10-24)21(34)29-17(20(27)33)12-19(26)32/h2-4,7-8,15-18,31H,5-6,9-13,24-25H2,1H3,(H2,26,32)(H2,27,33)(H,28,35)(H,29,34)/t15-,16-,17-,18-/m0/s1. The Morgan fingerprint density at radius 1 is 0.972 bits per heavy atom. The van der Waals surface area contributed by atoms with E-state index >= 15 is 0 Å². The van der Waals surface area contributed by atoms with E-state index in [2.05, 4.69) is 10.6 Å². The fraction of sp³-hybridized carbons (Fsp3) is 0.522. The maximum Gasteiger partial charge on any atom is 0.243 e. The number of nitrogens with zero attached hydrogens (tertiary/aromatic N) is 1. The molecule has 0 spiro atoms. The molecule has 0 bridgehead atoms. The molecule has 0 saturated heterocycles. The molecule has 4 atom stereocenters. The molecule has 1 aromatic rings. The number of carbonyl (C=O) groups is 5. The van der Waals surface area contributed by atoms with Crippen LogP contribution >= 0.6 is 0 Å². The van der Waals surface area contributed by atoms with E-state index in [9.17, 15) is 29.1 Å². The van der Waals surface area contributed by atoms with Gasteiger partial charge in [-0.3, -0.25) is 24.0 Å². The van der Waals surface area contributed by atoms with Gasteiger partial charge in [0.15, 0.2) is 0 Å². The van der Waals surface area contributed by atoms with Gasteiger partial charge in [-0.25, -0.2) is 0 Å². The van der Waals surface area contributed by atoms with Crippen LogP contribution in [0.5, 0.6) is 0 Å². The molecule has 0 aliphatic carbocycles. The second-order valence-electron chi connectivity index (χ2n) is 8.42. The third kappa shape index (κ3) is 9.98. The van der Waals surface area contributed by atoms with Crippen molar-refractivity contribution in [3.05, 3.63) is 35.9 Å². The van der Waals surface area contributed by atoms with Gasteiger partial charge in [-0.2, -0.15) is 0 Å². The first-order chi connectivity index (χ1) is 17.0. The lowest BCUT2D eigenvalue weighted by Gasteiger charge is -2.31. The highest BCUT2D eigenvalue weighted by atomic mass is 16.3. The van der Waals surface area contributed by atoms with Crippen LogP contribution in [-0.2, 0) is 30.4 Å². The van der Waals surface area contributed by atoms with E-state index in [1.54, 1.807) is 30.3 Å². The molecule has 0 aliphatic heterocycles. The number of primary amides is 2. The summed E-state index contributed by atoms with van der Waals surface area (Å²) < 4.78 is 0. The molecule has 1 aromatic carbocycles. The molecule has 0 unspecified atom stereocenters. The van der Waals surface area contributed by atoms with Gasteiger partial charge in [0, 0.05) is 13.5 Å². The number of amides is 5. The summed E-state index contributed by atoms with van der Waals surface area (Å²) in [7, 11) is 1.38. The van der Waals surface area contributed by atoms with E-state index in [1.807, 2.05) is 0 Å². The highest BCUT2D eigenvalue weighted by Crippen LogP contribution is 2.11. The van der Waals surface area contributed by atoms with E-state index in [0.717, 1.165) is 10.5 Å². The maximum atomic E-state index is 13.4. The van der Waals surface area contributed by atoms with Gasteiger partial charge in [0.05, 0.1) is 13.0 Å². The molecule has 1 rings (SSSR count). The monoisotopic (exact) mass is 507 g/mol. The van der Waals surface area contributed by atoms with E-state index in [0.29, 0.717) is 19.4 Å². The first kappa shape index (κ1) is 30.5. The molecule has 0 aliphatic rings. The SMILES string of the molecule is CN(C(=O)[C@@H](N)CO)[C@@H](Cc1ccccc1)C(=O)N[C@@H](CCCCN)C(=O)N[C@@H](CC(N)=O)C(N)=O. The second kappa shape index (κ2) is 15.4. The number of nitrogens with two attached hydrogens (primary N) is 4. The van der Waals surface area contributed by atoms with Gasteiger partial charge < -0.3 is 43.6 Å². The normalized spacial score (nSPS) is 14.1. The molecule has 0 fully saturated rings. The average Bonchev–Trinajstić information content (AvgIpc) is 2.85. The molecule has 36 heavy (non-hydrogen) atoms. The van der Waals surface area contributed by atoms with Crippen LogP contribution in [0.15, 0.2) is 30.3 Å². The Kier molecular flexibility index (Phi) is 13.1. The van der Waals surface area contributed by atoms with Gasteiger partial charge in [0.25, 0.3) is 0 Å². The smallest absolute Gasteiger partial charge is 0.243 e. The summed E-state index contributed by atoms with van der Waals surface area (Å²) >= 11 is 0. The summed E-state index contributed by atoms with van der Waals surface area (Å²) in [4.78, 5) is 63.0. The van der Waals surface area contributed by atoms with Crippen molar-refractivity contribution in [3.8, 4) is 0 Å². The van der Waals surface area contributed by atoms with Crippen LogP contribution in [0.25, 0.3) is 0 Å². The van der Waals surface area contributed by atoms with Crippen LogP contribution in [-0.4, -0.2) is 83.9 Å². The second-order valence-corrected chi connectivity index (χ2v) is 8.42. The zero-order valence-corrected chi connectivity index (χ0v) is 20.4. The number of unbranched alkanes of at least 4 members (excludes halogenated alkanes) is 1. The van der Waals surface area contributed by atoms with Crippen molar-refractivity contribution in [2.45, 2.75) is 56.3 Å². The molecule has 0 aromatic heterocycles. The van der Waals surface area contributed by atoms with E-state index < -0.39 is 66.7 Å². The lowest BCUT2D eigenvalue weighted by atomic mass is 10.0. The number of rotatable bonds is 16. The number of carbonyl (C=O) groups excluding carboxylic acids is 5. The van der Waals surface area contributed by atoms with Crippen LogP contribution in [0.2, 0.25) is 0 Å². The van der Waals surface area contributed by atoms with Gasteiger partial charge in [-0.1, -0.05) is 30.3 Å². The van der Waals surface area contributed by atoms with Crippen LogP contribution in [0.3, 0.4) is 0 Å². The maximum absolute atomic E-state index is 13.4. The number of hydrogen-bond acceptors (Lipinski definition) is 8. The molecule has 11 N–H and O–H groups in total. The largest absolute Gasteiger partial charge is 0.394 e. The summed E-state index contributed by atoms with van der Waals surface area (Å²) in [6.45, 7) is -0.248.